The molecule has 226 valence electrons. The molecule has 3 saturated carbocycles. The number of alkyl halides is 1. The van der Waals surface area contributed by atoms with Gasteiger partial charge >= 0.3 is 0 Å². The van der Waals surface area contributed by atoms with Gasteiger partial charge in [0.15, 0.2) is 0 Å². The molecule has 0 radical (unpaired) electrons. The summed E-state index contributed by atoms with van der Waals surface area (Å²) in [5.74, 6) is 0.117. The van der Waals surface area contributed by atoms with Crippen molar-refractivity contribution in [2.75, 3.05) is 13.1 Å². The molecule has 0 spiro atoms. The molecule has 7 nitrogen and oxygen atoms in total. The molecule has 0 aromatic heterocycles. The van der Waals surface area contributed by atoms with Crippen LogP contribution in [-0.4, -0.2) is 75.3 Å². The normalized spacial score (nSPS) is 36.1. The Labute approximate surface area is 244 Å². The minimum Gasteiger partial charge on any atom is -0.380 e. The van der Waals surface area contributed by atoms with Crippen molar-refractivity contribution < 1.29 is 23.8 Å². The fourth-order valence-electron chi connectivity index (χ4n) is 8.25. The summed E-state index contributed by atoms with van der Waals surface area (Å²) in [4.78, 5) is 29.9. The predicted octanol–water partition coefficient (Wildman–Crippen LogP) is 5.27. The van der Waals surface area contributed by atoms with E-state index < -0.39 is 17.4 Å². The van der Waals surface area contributed by atoms with Gasteiger partial charge in [-0.3, -0.25) is 14.9 Å². The number of amides is 2. The van der Waals surface area contributed by atoms with Gasteiger partial charge < -0.3 is 19.6 Å². The topological polar surface area (TPSA) is 82.1 Å². The molecule has 2 saturated heterocycles. The number of carbonyl (C=O) groups excluding carboxylic acids is 2. The van der Waals surface area contributed by atoms with E-state index >= 15 is 0 Å². The van der Waals surface area contributed by atoms with Crippen molar-refractivity contribution >= 4 is 11.8 Å². The van der Waals surface area contributed by atoms with Crippen molar-refractivity contribution in [3.8, 4) is 0 Å². The van der Waals surface area contributed by atoms with Crippen LogP contribution in [-0.2, 0) is 9.53 Å². The Morgan fingerprint density at radius 1 is 0.927 bits per heavy atom. The van der Waals surface area contributed by atoms with Gasteiger partial charge in [-0.25, -0.2) is 4.39 Å². The minimum atomic E-state index is -1.20. The smallest absolute Gasteiger partial charge is 0.255 e. The Hall–Kier alpha value is -2.03. The number of rotatable bonds is 4. The maximum Gasteiger partial charge on any atom is 0.255 e. The van der Waals surface area contributed by atoms with Crippen molar-refractivity contribution in [2.45, 2.75) is 139 Å². The van der Waals surface area contributed by atoms with Crippen molar-refractivity contribution in [1.82, 2.24) is 15.1 Å². The minimum absolute atomic E-state index is 0.0521. The molecule has 41 heavy (non-hydrogen) atoms. The van der Waals surface area contributed by atoms with Crippen LogP contribution in [0, 0.1) is 5.92 Å². The monoisotopic (exact) mass is 569 g/mol. The third-order valence-electron chi connectivity index (χ3n) is 10.7. The van der Waals surface area contributed by atoms with Gasteiger partial charge in [0.05, 0.1) is 5.60 Å². The average Bonchev–Trinajstić information content (AvgIpc) is 3.55. The van der Waals surface area contributed by atoms with Crippen LogP contribution in [0.4, 0.5) is 4.39 Å². The van der Waals surface area contributed by atoms with Gasteiger partial charge in [0.2, 0.25) is 0 Å². The molecule has 8 heteroatoms. The molecule has 3 aliphatic carbocycles. The summed E-state index contributed by atoms with van der Waals surface area (Å²) in [6.07, 6.45) is 11.5. The predicted molar refractivity (Wildman–Crippen MR) is 155 cm³/mol. The van der Waals surface area contributed by atoms with Gasteiger partial charge in [-0.15, -0.1) is 0 Å². The first-order valence-corrected chi connectivity index (χ1v) is 16.2. The molecule has 2 heterocycles. The quantitative estimate of drug-likeness (QED) is 0.516. The number of nitrogens with one attached hydrogen (secondary N) is 1. The first-order chi connectivity index (χ1) is 19.7. The summed E-state index contributed by atoms with van der Waals surface area (Å²) in [5.41, 5.74) is -0.0720. The summed E-state index contributed by atoms with van der Waals surface area (Å²) in [7, 11) is 0. The maximum atomic E-state index is 14.9. The molecule has 0 bridgehead atoms. The lowest BCUT2D eigenvalue weighted by Gasteiger charge is -2.45. The van der Waals surface area contributed by atoms with Gasteiger partial charge in [0, 0.05) is 43.2 Å². The van der Waals surface area contributed by atoms with E-state index in [1.807, 2.05) is 43.0 Å². The highest BCUT2D eigenvalue weighted by Gasteiger charge is 2.56. The van der Waals surface area contributed by atoms with E-state index in [2.05, 4.69) is 5.32 Å². The zero-order valence-electron chi connectivity index (χ0n) is 24.8. The number of piperazine rings is 1. The van der Waals surface area contributed by atoms with E-state index in [-0.39, 0.29) is 36.2 Å². The summed E-state index contributed by atoms with van der Waals surface area (Å²) in [6.45, 7) is 4.77. The SMILES string of the molecule is C[C@@H]1CN(C(=O)c2ccc(C3NC4CCC(F)CC4(C4CCCCCCCC4)O3)cc2)C[C@H](C)N1C(=O)C1(O)CC1. The van der Waals surface area contributed by atoms with Crippen molar-refractivity contribution in [1.29, 1.82) is 0 Å². The van der Waals surface area contributed by atoms with Gasteiger partial charge in [-0.05, 0) is 76.0 Å². The highest BCUT2D eigenvalue weighted by Crippen LogP contribution is 2.50. The summed E-state index contributed by atoms with van der Waals surface area (Å²) in [5, 5.41) is 14.1. The van der Waals surface area contributed by atoms with Crippen LogP contribution < -0.4 is 5.32 Å². The molecular weight excluding hydrogens is 521 g/mol. The van der Waals surface area contributed by atoms with Crippen LogP contribution in [0.1, 0.15) is 119 Å². The number of aliphatic hydroxyl groups is 1. The highest BCUT2D eigenvalue weighted by atomic mass is 19.1. The summed E-state index contributed by atoms with van der Waals surface area (Å²) in [6, 6.07) is 7.52. The van der Waals surface area contributed by atoms with E-state index in [1.54, 1.807) is 4.90 Å². The van der Waals surface area contributed by atoms with Crippen LogP contribution in [0.3, 0.4) is 0 Å². The van der Waals surface area contributed by atoms with Crippen LogP contribution in [0.5, 0.6) is 0 Å². The Morgan fingerprint density at radius 2 is 1.54 bits per heavy atom. The number of halogens is 1. The van der Waals surface area contributed by atoms with E-state index in [1.165, 1.54) is 38.5 Å². The number of ether oxygens (including phenoxy) is 1. The zero-order chi connectivity index (χ0) is 28.8. The lowest BCUT2D eigenvalue weighted by Crippen LogP contribution is -2.62. The molecule has 5 aliphatic rings. The lowest BCUT2D eigenvalue weighted by atomic mass is 9.69. The Morgan fingerprint density at radius 3 is 2.15 bits per heavy atom. The standard InChI is InChI=1S/C33H48FN3O4/c1-22-20-36(21-23(2)37(22)31(39)32(40)17-18-32)30(38)25-13-11-24(12-14-25)29-35-28-16-15-27(34)19-33(28,41-29)26-9-7-5-3-4-6-8-10-26/h11-14,22-23,26-29,35,40H,3-10,15-21H2,1-2H3/t22-,23+,27?,28?,29?,33?. The van der Waals surface area contributed by atoms with Gasteiger partial charge in [-0.2, -0.15) is 0 Å². The summed E-state index contributed by atoms with van der Waals surface area (Å²) < 4.78 is 21.8. The second-order valence-electron chi connectivity index (χ2n) is 13.7. The van der Waals surface area contributed by atoms with Crippen LogP contribution >= 0.6 is 0 Å². The second kappa shape index (κ2) is 11.6. The number of carbonyl (C=O) groups is 2. The van der Waals surface area contributed by atoms with E-state index in [0.717, 1.165) is 24.8 Å². The molecule has 1 aromatic rings. The Kier molecular flexibility index (Phi) is 8.20. The lowest BCUT2D eigenvalue weighted by molar-refractivity contribution is -0.150. The zero-order valence-corrected chi connectivity index (χ0v) is 24.8. The molecule has 4 unspecified atom stereocenters. The number of hydrogen-bond donors (Lipinski definition) is 2. The van der Waals surface area contributed by atoms with Gasteiger partial charge in [-0.1, -0.05) is 50.7 Å². The summed E-state index contributed by atoms with van der Waals surface area (Å²) >= 11 is 0. The molecule has 5 fully saturated rings. The van der Waals surface area contributed by atoms with Gasteiger partial charge in [0.25, 0.3) is 11.8 Å². The van der Waals surface area contributed by atoms with Crippen molar-refractivity contribution in [2.24, 2.45) is 5.92 Å². The molecule has 1 aromatic carbocycles. The third-order valence-corrected chi connectivity index (χ3v) is 10.7. The molecule has 6 rings (SSSR count). The maximum absolute atomic E-state index is 14.9. The fraction of sp³-hybridized carbons (Fsp3) is 0.758. The Balaban J connectivity index is 1.14. The molecule has 2 N–H and O–H groups in total. The largest absolute Gasteiger partial charge is 0.380 e. The van der Waals surface area contributed by atoms with Crippen LogP contribution in [0.15, 0.2) is 24.3 Å². The van der Waals surface area contributed by atoms with Crippen molar-refractivity contribution in [3.05, 3.63) is 35.4 Å². The number of nitrogens with zero attached hydrogens (tertiary/aromatic N) is 2. The second-order valence-corrected chi connectivity index (χ2v) is 13.7. The molecule has 2 aliphatic heterocycles. The first-order valence-electron chi connectivity index (χ1n) is 16.2. The average molecular weight is 570 g/mol. The van der Waals surface area contributed by atoms with Crippen LogP contribution in [0.25, 0.3) is 0 Å². The van der Waals surface area contributed by atoms with E-state index in [9.17, 15) is 19.1 Å². The number of benzene rings is 1. The number of fused-ring (bicyclic) bond motifs is 1. The molecule has 6 atom stereocenters. The first kappa shape index (κ1) is 29.1. The molecule has 2 amide bonds. The van der Waals surface area contributed by atoms with Gasteiger partial charge in [0.1, 0.15) is 18.0 Å². The highest BCUT2D eigenvalue weighted by molar-refractivity contribution is 5.95. The third kappa shape index (κ3) is 5.68. The fourth-order valence-corrected chi connectivity index (χ4v) is 8.25. The van der Waals surface area contributed by atoms with Crippen LogP contribution in [0.2, 0.25) is 0 Å². The molecular formula is C33H48FN3O4. The van der Waals surface area contributed by atoms with Crippen molar-refractivity contribution in [3.63, 3.8) is 0 Å². The van der Waals surface area contributed by atoms with E-state index in [0.29, 0.717) is 50.3 Å². The Bertz CT molecular complexity index is 1090. The van der Waals surface area contributed by atoms with E-state index in [4.69, 9.17) is 4.74 Å². The number of hydrogen-bond acceptors (Lipinski definition) is 5.